The predicted octanol–water partition coefficient (Wildman–Crippen LogP) is 6.93. The van der Waals surface area contributed by atoms with Crippen molar-refractivity contribution >= 4 is 34.8 Å². The lowest BCUT2D eigenvalue weighted by Gasteiger charge is -2.24. The molecule has 1 unspecified atom stereocenters. The summed E-state index contributed by atoms with van der Waals surface area (Å²) in [7, 11) is 0. The Hall–Kier alpha value is -3.15. The third-order valence-electron chi connectivity index (χ3n) is 6.14. The lowest BCUT2D eigenvalue weighted by Crippen LogP contribution is -2.32. The Morgan fingerprint density at radius 1 is 1.06 bits per heavy atom. The van der Waals surface area contributed by atoms with Gasteiger partial charge in [0.05, 0.1) is 17.9 Å². The van der Waals surface area contributed by atoms with Gasteiger partial charge in [-0.3, -0.25) is 4.79 Å². The molecule has 1 N–H and O–H groups in total. The van der Waals surface area contributed by atoms with E-state index in [1.165, 1.54) is 0 Å². The number of rotatable bonds is 4. The minimum atomic E-state index is -0.639. The smallest absolute Gasteiger partial charge is 0.258 e. The molecule has 0 fully saturated rings. The molecule has 4 rings (SSSR count). The molecule has 182 valence electrons. The van der Waals surface area contributed by atoms with Crippen LogP contribution in [0.15, 0.2) is 65.7 Å². The first-order valence-corrected chi connectivity index (χ1v) is 12.3. The van der Waals surface area contributed by atoms with Gasteiger partial charge in [-0.2, -0.15) is 0 Å². The number of aliphatic hydroxyl groups is 1. The van der Waals surface area contributed by atoms with Gasteiger partial charge >= 0.3 is 0 Å². The molecule has 1 aliphatic rings. The van der Waals surface area contributed by atoms with Crippen molar-refractivity contribution in [2.24, 2.45) is 4.99 Å². The lowest BCUT2D eigenvalue weighted by molar-refractivity contribution is 0.0986. The fourth-order valence-electron chi connectivity index (χ4n) is 4.37. The molecule has 1 atom stereocenters. The molecule has 35 heavy (non-hydrogen) atoms. The fraction of sp³-hybridized carbons (Fsp3) is 0.310. The Morgan fingerprint density at radius 2 is 1.83 bits per heavy atom. The normalized spacial score (nSPS) is 16.1. The average molecular weight is 491 g/mol. The van der Waals surface area contributed by atoms with Crippen LogP contribution in [0.1, 0.15) is 65.4 Å². The number of fused-ring (bicyclic) bond motifs is 1. The number of aliphatic imine (C=N–C) groups is 1. The number of anilines is 1. The van der Waals surface area contributed by atoms with E-state index in [9.17, 15) is 9.90 Å². The van der Waals surface area contributed by atoms with Gasteiger partial charge in [0.2, 0.25) is 5.90 Å². The first kappa shape index (κ1) is 25.0. The summed E-state index contributed by atoms with van der Waals surface area (Å²) in [5.74, 6) is 0.456. The summed E-state index contributed by atoms with van der Waals surface area (Å²) in [6, 6.07) is 18.9. The first-order valence-electron chi connectivity index (χ1n) is 12.0. The van der Waals surface area contributed by atoms with Crippen molar-refractivity contribution in [1.29, 1.82) is 0 Å². The Labute approximate surface area is 212 Å². The van der Waals surface area contributed by atoms with Crippen LogP contribution in [-0.4, -0.2) is 29.6 Å². The molecule has 0 aliphatic carbocycles. The van der Waals surface area contributed by atoms with Gasteiger partial charge in [-0.25, -0.2) is 4.99 Å². The second kappa shape index (κ2) is 10.6. The molecule has 0 spiro atoms. The summed E-state index contributed by atoms with van der Waals surface area (Å²) in [4.78, 5) is 20.2. The molecule has 1 aliphatic heterocycles. The highest BCUT2D eigenvalue weighted by atomic mass is 35.5. The minimum Gasteiger partial charge on any atom is -0.474 e. The molecule has 0 saturated carbocycles. The van der Waals surface area contributed by atoms with Gasteiger partial charge in [-0.1, -0.05) is 29.8 Å². The van der Waals surface area contributed by atoms with Gasteiger partial charge in [0.25, 0.3) is 5.91 Å². The van der Waals surface area contributed by atoms with Gasteiger partial charge in [0, 0.05) is 33.9 Å². The van der Waals surface area contributed by atoms with E-state index in [1.54, 1.807) is 17.0 Å². The highest BCUT2D eigenvalue weighted by molar-refractivity contribution is 6.30. The number of nitrogens with zero attached hydrogens (tertiary/aromatic N) is 2. The summed E-state index contributed by atoms with van der Waals surface area (Å²) in [5.41, 5.74) is 5.56. The molecule has 1 amide bonds. The predicted molar refractivity (Wildman–Crippen MR) is 142 cm³/mol. The molecule has 0 radical (unpaired) electrons. The van der Waals surface area contributed by atoms with Crippen LogP contribution in [-0.2, 0) is 4.74 Å². The van der Waals surface area contributed by atoms with Crippen molar-refractivity contribution in [1.82, 2.24) is 0 Å². The van der Waals surface area contributed by atoms with Crippen LogP contribution < -0.4 is 4.90 Å². The van der Waals surface area contributed by atoms with Crippen LogP contribution in [0.4, 0.5) is 11.4 Å². The molecule has 0 bridgehead atoms. The van der Waals surface area contributed by atoms with Crippen LogP contribution in [0, 0.1) is 13.8 Å². The highest BCUT2D eigenvalue weighted by Crippen LogP contribution is 2.36. The van der Waals surface area contributed by atoms with Crippen LogP contribution in [0.25, 0.3) is 0 Å². The van der Waals surface area contributed by atoms with E-state index in [1.807, 2.05) is 76.2 Å². The summed E-state index contributed by atoms with van der Waals surface area (Å²) in [6.45, 7) is 8.43. The van der Waals surface area contributed by atoms with Crippen LogP contribution >= 0.6 is 11.6 Å². The number of aliphatic hydroxyl groups excluding tert-OH is 1. The molecule has 0 aromatic heterocycles. The van der Waals surface area contributed by atoms with Crippen molar-refractivity contribution in [3.8, 4) is 0 Å². The number of aryl methyl sites for hydroxylation is 2. The lowest BCUT2D eigenvalue weighted by atomic mass is 10.0. The number of carbonyl (C=O) groups excluding carboxylic acids is 1. The Balaban J connectivity index is 1.68. The summed E-state index contributed by atoms with van der Waals surface area (Å²) >= 11 is 6.17. The second-order valence-electron chi connectivity index (χ2n) is 9.22. The van der Waals surface area contributed by atoms with Crippen molar-refractivity contribution in [2.75, 3.05) is 11.4 Å². The van der Waals surface area contributed by atoms with Crippen molar-refractivity contribution in [3.05, 3.63) is 93.5 Å². The number of halogens is 1. The van der Waals surface area contributed by atoms with Gasteiger partial charge in [-0.15, -0.1) is 0 Å². The molecule has 6 heteroatoms. The van der Waals surface area contributed by atoms with Gasteiger partial charge < -0.3 is 14.7 Å². The van der Waals surface area contributed by atoms with E-state index in [4.69, 9.17) is 21.3 Å². The third kappa shape index (κ3) is 5.58. The summed E-state index contributed by atoms with van der Waals surface area (Å²) in [6.07, 6.45) is 0.622. The SMILES string of the molecule is Cc1cc(/N=C(\OC(C)C)c2ccccc2C)ccc1C(=O)N1CCCC(O)c2cc(Cl)ccc21. The maximum absolute atomic E-state index is 13.6. The minimum absolute atomic E-state index is 0.0257. The molecule has 3 aromatic carbocycles. The quantitative estimate of drug-likeness (QED) is 0.318. The monoisotopic (exact) mass is 490 g/mol. The maximum atomic E-state index is 13.6. The van der Waals surface area contributed by atoms with Crippen molar-refractivity contribution in [2.45, 2.75) is 52.7 Å². The van der Waals surface area contributed by atoms with E-state index in [0.717, 1.165) is 22.4 Å². The maximum Gasteiger partial charge on any atom is 0.258 e. The Bertz CT molecular complexity index is 1270. The van der Waals surface area contributed by atoms with E-state index in [0.29, 0.717) is 47.1 Å². The van der Waals surface area contributed by atoms with Gasteiger partial charge in [0.15, 0.2) is 0 Å². The van der Waals surface area contributed by atoms with E-state index < -0.39 is 6.10 Å². The van der Waals surface area contributed by atoms with Gasteiger partial charge in [0.1, 0.15) is 0 Å². The number of hydrogen-bond acceptors (Lipinski definition) is 4. The number of hydrogen-bond donors (Lipinski definition) is 1. The molecule has 1 heterocycles. The van der Waals surface area contributed by atoms with E-state index >= 15 is 0 Å². The molecule has 5 nitrogen and oxygen atoms in total. The van der Waals surface area contributed by atoms with E-state index in [2.05, 4.69) is 0 Å². The summed E-state index contributed by atoms with van der Waals surface area (Å²) in [5, 5.41) is 11.1. The number of benzene rings is 3. The van der Waals surface area contributed by atoms with Crippen molar-refractivity contribution < 1.29 is 14.6 Å². The Kier molecular flexibility index (Phi) is 7.58. The highest BCUT2D eigenvalue weighted by Gasteiger charge is 2.27. The first-order chi connectivity index (χ1) is 16.7. The largest absolute Gasteiger partial charge is 0.474 e. The third-order valence-corrected chi connectivity index (χ3v) is 6.37. The Morgan fingerprint density at radius 3 is 2.54 bits per heavy atom. The second-order valence-corrected chi connectivity index (χ2v) is 9.65. The fourth-order valence-corrected chi connectivity index (χ4v) is 4.55. The van der Waals surface area contributed by atoms with E-state index in [-0.39, 0.29) is 12.0 Å². The summed E-state index contributed by atoms with van der Waals surface area (Å²) < 4.78 is 6.05. The zero-order valence-corrected chi connectivity index (χ0v) is 21.3. The number of amides is 1. The zero-order valence-electron chi connectivity index (χ0n) is 20.6. The standard InChI is InChI=1S/C29H31ClN2O3/c1-18(2)35-28(23-9-6-5-8-19(23)3)31-22-12-13-24(20(4)16-22)29(34)32-15-7-10-27(33)25-17-21(30)11-14-26(25)32/h5-6,8-9,11-14,16-18,27,33H,7,10,15H2,1-4H3/b31-28-. The topological polar surface area (TPSA) is 62.1 Å². The van der Waals surface area contributed by atoms with Crippen LogP contribution in [0.5, 0.6) is 0 Å². The van der Waals surface area contributed by atoms with Crippen LogP contribution in [0.2, 0.25) is 5.02 Å². The molecule has 3 aromatic rings. The van der Waals surface area contributed by atoms with Crippen LogP contribution in [0.3, 0.4) is 0 Å². The molecular formula is C29H31ClN2O3. The van der Waals surface area contributed by atoms with Gasteiger partial charge in [-0.05, 0) is 94.1 Å². The number of carbonyl (C=O) groups is 1. The average Bonchev–Trinajstić information content (AvgIpc) is 2.97. The number of ether oxygens (including phenoxy) is 1. The molecule has 0 saturated heterocycles. The molecular weight excluding hydrogens is 460 g/mol. The van der Waals surface area contributed by atoms with Crippen molar-refractivity contribution in [3.63, 3.8) is 0 Å². The zero-order chi connectivity index (χ0) is 25.1.